The molecule has 2 rings (SSSR count). The molecule has 0 aliphatic carbocycles. The summed E-state index contributed by atoms with van der Waals surface area (Å²) in [5.74, 6) is 1.11. The van der Waals surface area contributed by atoms with Gasteiger partial charge in [-0.15, -0.1) is 0 Å². The van der Waals surface area contributed by atoms with E-state index in [1.54, 1.807) is 0 Å². The summed E-state index contributed by atoms with van der Waals surface area (Å²) in [5.41, 5.74) is 2.42. The van der Waals surface area contributed by atoms with Crippen molar-refractivity contribution in [3.8, 4) is 0 Å². The number of rotatable bonds is 5. The maximum absolute atomic E-state index is 4.41. The predicted octanol–water partition coefficient (Wildman–Crippen LogP) is 2.87. The smallest absolute Gasteiger partial charge is 0.124 e. The summed E-state index contributed by atoms with van der Waals surface area (Å²) in [6.45, 7) is 5.97. The first-order valence-corrected chi connectivity index (χ1v) is 6.12. The third-order valence-corrected chi connectivity index (χ3v) is 2.76. The van der Waals surface area contributed by atoms with Gasteiger partial charge in [-0.2, -0.15) is 5.10 Å². The predicted molar refractivity (Wildman–Crippen MR) is 71.3 cm³/mol. The second-order valence-corrected chi connectivity index (χ2v) is 4.15. The molecule has 1 aromatic heterocycles. The molecule has 0 aliphatic rings. The van der Waals surface area contributed by atoms with Crippen LogP contribution in [0.4, 0.5) is 5.82 Å². The first-order chi connectivity index (χ1) is 8.29. The Labute approximate surface area is 102 Å². The molecule has 0 saturated heterocycles. The average molecular weight is 229 g/mol. The minimum atomic E-state index is 0.904. The Hall–Kier alpha value is -1.77. The van der Waals surface area contributed by atoms with E-state index in [4.69, 9.17) is 0 Å². The number of aryl methyl sites for hydroxylation is 2. The van der Waals surface area contributed by atoms with Crippen LogP contribution < -0.4 is 5.32 Å². The quantitative estimate of drug-likeness (QED) is 0.854. The van der Waals surface area contributed by atoms with Crippen LogP contribution in [-0.2, 0) is 13.0 Å². The zero-order valence-corrected chi connectivity index (χ0v) is 10.5. The molecule has 1 heterocycles. The Morgan fingerprint density at radius 2 is 2.00 bits per heavy atom. The van der Waals surface area contributed by atoms with Gasteiger partial charge >= 0.3 is 0 Å². The molecule has 0 aliphatic heterocycles. The lowest BCUT2D eigenvalue weighted by Gasteiger charge is -2.07. The second kappa shape index (κ2) is 5.53. The number of benzene rings is 1. The molecule has 17 heavy (non-hydrogen) atoms. The van der Waals surface area contributed by atoms with Crippen LogP contribution in [0.1, 0.15) is 18.2 Å². The summed E-state index contributed by atoms with van der Waals surface area (Å²) < 4.78 is 2.00. The van der Waals surface area contributed by atoms with Crippen LogP contribution in [0.15, 0.2) is 36.4 Å². The molecular weight excluding hydrogens is 210 g/mol. The Morgan fingerprint density at radius 3 is 2.71 bits per heavy atom. The SMILES string of the molecule is CCn1nc(C)cc1NCCc1ccccc1. The van der Waals surface area contributed by atoms with Gasteiger partial charge in [0, 0.05) is 19.2 Å². The topological polar surface area (TPSA) is 29.9 Å². The molecule has 2 aromatic rings. The van der Waals surface area contributed by atoms with Crippen molar-refractivity contribution >= 4 is 5.82 Å². The van der Waals surface area contributed by atoms with Crippen LogP contribution in [0.5, 0.6) is 0 Å². The fourth-order valence-corrected chi connectivity index (χ4v) is 1.91. The Morgan fingerprint density at radius 1 is 1.24 bits per heavy atom. The van der Waals surface area contributed by atoms with Crippen LogP contribution in [0, 0.1) is 6.92 Å². The van der Waals surface area contributed by atoms with Crippen molar-refractivity contribution < 1.29 is 0 Å². The van der Waals surface area contributed by atoms with Gasteiger partial charge in [0.25, 0.3) is 0 Å². The van der Waals surface area contributed by atoms with E-state index in [9.17, 15) is 0 Å². The van der Waals surface area contributed by atoms with Crippen molar-refractivity contribution in [1.29, 1.82) is 0 Å². The number of nitrogens with one attached hydrogen (secondary N) is 1. The van der Waals surface area contributed by atoms with Crippen molar-refractivity contribution in [2.75, 3.05) is 11.9 Å². The molecule has 0 bridgehead atoms. The normalized spacial score (nSPS) is 10.5. The minimum absolute atomic E-state index is 0.904. The van der Waals surface area contributed by atoms with E-state index in [-0.39, 0.29) is 0 Å². The lowest BCUT2D eigenvalue weighted by molar-refractivity contribution is 0.657. The van der Waals surface area contributed by atoms with Gasteiger partial charge in [0.15, 0.2) is 0 Å². The van der Waals surface area contributed by atoms with E-state index in [1.165, 1.54) is 5.56 Å². The average Bonchev–Trinajstić information content (AvgIpc) is 2.71. The molecule has 0 radical (unpaired) electrons. The van der Waals surface area contributed by atoms with Crippen molar-refractivity contribution in [2.24, 2.45) is 0 Å². The van der Waals surface area contributed by atoms with E-state index < -0.39 is 0 Å². The summed E-state index contributed by atoms with van der Waals surface area (Å²) in [4.78, 5) is 0. The van der Waals surface area contributed by atoms with Gasteiger partial charge in [-0.25, -0.2) is 4.68 Å². The molecule has 90 valence electrons. The van der Waals surface area contributed by atoms with Gasteiger partial charge in [0.05, 0.1) is 5.69 Å². The van der Waals surface area contributed by atoms with Crippen LogP contribution in [0.3, 0.4) is 0 Å². The van der Waals surface area contributed by atoms with Crippen LogP contribution >= 0.6 is 0 Å². The first kappa shape index (κ1) is 11.7. The van der Waals surface area contributed by atoms with Crippen LogP contribution in [-0.4, -0.2) is 16.3 Å². The molecule has 1 aromatic carbocycles. The lowest BCUT2D eigenvalue weighted by atomic mass is 10.1. The molecule has 0 spiro atoms. The maximum Gasteiger partial charge on any atom is 0.124 e. The fourth-order valence-electron chi connectivity index (χ4n) is 1.91. The number of aromatic nitrogens is 2. The minimum Gasteiger partial charge on any atom is -0.370 e. The van der Waals surface area contributed by atoms with Crippen LogP contribution in [0.25, 0.3) is 0 Å². The number of hydrogen-bond acceptors (Lipinski definition) is 2. The molecule has 0 unspecified atom stereocenters. The molecule has 0 saturated carbocycles. The van der Waals surface area contributed by atoms with Crippen LogP contribution in [0.2, 0.25) is 0 Å². The highest BCUT2D eigenvalue weighted by molar-refractivity contribution is 5.37. The Balaban J connectivity index is 1.90. The van der Waals surface area contributed by atoms with Gasteiger partial charge in [-0.1, -0.05) is 30.3 Å². The standard InChI is InChI=1S/C14H19N3/c1-3-17-14(11-12(2)16-17)15-10-9-13-7-5-4-6-8-13/h4-8,11,15H,3,9-10H2,1-2H3. The van der Waals surface area contributed by atoms with Gasteiger partial charge in [-0.05, 0) is 25.8 Å². The van der Waals surface area contributed by atoms with Crippen molar-refractivity contribution in [1.82, 2.24) is 9.78 Å². The maximum atomic E-state index is 4.41. The summed E-state index contributed by atoms with van der Waals surface area (Å²) in [6.07, 6.45) is 1.04. The summed E-state index contributed by atoms with van der Waals surface area (Å²) in [7, 11) is 0. The van der Waals surface area contributed by atoms with E-state index >= 15 is 0 Å². The number of nitrogens with zero attached hydrogens (tertiary/aromatic N) is 2. The Bertz CT molecular complexity index is 460. The first-order valence-electron chi connectivity index (χ1n) is 6.12. The lowest BCUT2D eigenvalue weighted by Crippen LogP contribution is -2.09. The third kappa shape index (κ3) is 3.09. The largest absolute Gasteiger partial charge is 0.370 e. The monoisotopic (exact) mass is 229 g/mol. The Kier molecular flexibility index (Phi) is 3.81. The van der Waals surface area contributed by atoms with Crippen molar-refractivity contribution in [3.05, 3.63) is 47.7 Å². The third-order valence-electron chi connectivity index (χ3n) is 2.76. The summed E-state index contributed by atoms with van der Waals surface area (Å²) >= 11 is 0. The number of anilines is 1. The van der Waals surface area contributed by atoms with E-state index in [0.29, 0.717) is 0 Å². The fraction of sp³-hybridized carbons (Fsp3) is 0.357. The zero-order chi connectivity index (χ0) is 12.1. The van der Waals surface area contributed by atoms with Gasteiger partial charge in [0.2, 0.25) is 0 Å². The zero-order valence-electron chi connectivity index (χ0n) is 10.5. The van der Waals surface area contributed by atoms with E-state index in [0.717, 1.165) is 31.0 Å². The molecule has 3 nitrogen and oxygen atoms in total. The van der Waals surface area contributed by atoms with Crippen molar-refractivity contribution in [2.45, 2.75) is 26.8 Å². The molecule has 0 atom stereocenters. The highest BCUT2D eigenvalue weighted by Gasteiger charge is 2.02. The molecule has 0 fully saturated rings. The highest BCUT2D eigenvalue weighted by atomic mass is 15.3. The molecule has 3 heteroatoms. The summed E-state index contributed by atoms with van der Waals surface area (Å²) in [5, 5.41) is 7.84. The summed E-state index contributed by atoms with van der Waals surface area (Å²) in [6, 6.07) is 12.6. The van der Waals surface area contributed by atoms with E-state index in [1.807, 2.05) is 17.7 Å². The highest BCUT2D eigenvalue weighted by Crippen LogP contribution is 2.10. The van der Waals surface area contributed by atoms with E-state index in [2.05, 4.69) is 47.7 Å². The second-order valence-electron chi connectivity index (χ2n) is 4.15. The molecule has 1 N–H and O–H groups in total. The van der Waals surface area contributed by atoms with Gasteiger partial charge in [-0.3, -0.25) is 0 Å². The molecular formula is C14H19N3. The number of hydrogen-bond donors (Lipinski definition) is 1. The van der Waals surface area contributed by atoms with Crippen molar-refractivity contribution in [3.63, 3.8) is 0 Å². The van der Waals surface area contributed by atoms with Gasteiger partial charge < -0.3 is 5.32 Å². The molecule has 0 amide bonds. The van der Waals surface area contributed by atoms with Gasteiger partial charge in [0.1, 0.15) is 5.82 Å².